The number of nitrogens with zero attached hydrogens (tertiary/aromatic N) is 1. The maximum absolute atomic E-state index is 11.9. The molecule has 0 radical (unpaired) electrons. The summed E-state index contributed by atoms with van der Waals surface area (Å²) in [6, 6.07) is 9.96. The van der Waals surface area contributed by atoms with Crippen LogP contribution in [0.15, 0.2) is 30.3 Å². The predicted octanol–water partition coefficient (Wildman–Crippen LogP) is 1.91. The quantitative estimate of drug-likeness (QED) is 0.698. The van der Waals surface area contributed by atoms with Gasteiger partial charge in [-0.15, -0.1) is 11.8 Å². The minimum Gasteiger partial charge on any atom is -0.310 e. The van der Waals surface area contributed by atoms with Gasteiger partial charge in [0.25, 0.3) is 0 Å². The van der Waals surface area contributed by atoms with Gasteiger partial charge in [-0.25, -0.2) is 0 Å². The van der Waals surface area contributed by atoms with Gasteiger partial charge in [0.05, 0.1) is 5.25 Å². The van der Waals surface area contributed by atoms with E-state index in [0.717, 1.165) is 18.7 Å². The van der Waals surface area contributed by atoms with Gasteiger partial charge in [-0.1, -0.05) is 18.2 Å². The fraction of sp³-hybridized carbons (Fsp3) is 0.364. The van der Waals surface area contributed by atoms with Crippen LogP contribution in [0.3, 0.4) is 0 Å². The molecule has 0 spiro atoms. The van der Waals surface area contributed by atoms with Gasteiger partial charge in [0, 0.05) is 17.5 Å². The minimum absolute atomic E-state index is 0.244. The Balaban J connectivity index is 1.89. The molecule has 4 rings (SSSR count). The average Bonchev–Trinajstić information content (AvgIpc) is 2.17. The third kappa shape index (κ3) is 1.16. The Hall–Kier alpha value is -0.960. The third-order valence-corrected chi connectivity index (χ3v) is 4.28. The van der Waals surface area contributed by atoms with Crippen LogP contribution in [0.2, 0.25) is 0 Å². The SMILES string of the molecule is O=C1C2CC(CN1c1ccccc1)S2. The van der Waals surface area contributed by atoms with Crippen LogP contribution in [0, 0.1) is 0 Å². The fourth-order valence-electron chi connectivity index (χ4n) is 2.04. The molecule has 2 unspecified atom stereocenters. The van der Waals surface area contributed by atoms with Gasteiger partial charge in [0.2, 0.25) is 5.91 Å². The van der Waals surface area contributed by atoms with Gasteiger partial charge in [-0.2, -0.15) is 0 Å². The molecule has 0 aromatic heterocycles. The summed E-state index contributed by atoms with van der Waals surface area (Å²) in [4.78, 5) is 13.8. The molecule has 14 heavy (non-hydrogen) atoms. The lowest BCUT2D eigenvalue weighted by atomic mass is 10.1. The highest BCUT2D eigenvalue weighted by molar-refractivity contribution is 8.02. The van der Waals surface area contributed by atoms with E-state index in [4.69, 9.17) is 0 Å². The van der Waals surface area contributed by atoms with Gasteiger partial charge < -0.3 is 4.90 Å². The third-order valence-electron chi connectivity index (χ3n) is 2.83. The van der Waals surface area contributed by atoms with Crippen LogP contribution in [0.5, 0.6) is 0 Å². The second kappa shape index (κ2) is 3.02. The van der Waals surface area contributed by atoms with Gasteiger partial charge in [-0.3, -0.25) is 4.79 Å². The molecule has 1 aromatic rings. The number of hydrogen-bond acceptors (Lipinski definition) is 2. The fourth-order valence-corrected chi connectivity index (χ4v) is 3.28. The first-order valence-electron chi connectivity index (χ1n) is 4.86. The number of benzene rings is 1. The Bertz CT molecular complexity index is 359. The number of fused-ring (bicyclic) bond motifs is 2. The topological polar surface area (TPSA) is 20.3 Å². The van der Waals surface area contributed by atoms with E-state index in [1.807, 2.05) is 47.0 Å². The van der Waals surface area contributed by atoms with Gasteiger partial charge >= 0.3 is 0 Å². The number of hydrogen-bond donors (Lipinski definition) is 0. The van der Waals surface area contributed by atoms with Crippen LogP contribution >= 0.6 is 11.8 Å². The molecule has 0 aliphatic carbocycles. The second-order valence-corrected chi connectivity index (χ2v) is 5.27. The maximum atomic E-state index is 11.9. The molecular formula is C11H11NOS. The van der Waals surface area contributed by atoms with Crippen molar-refractivity contribution in [1.82, 2.24) is 0 Å². The van der Waals surface area contributed by atoms with Crippen LogP contribution in [-0.4, -0.2) is 23.0 Å². The zero-order valence-corrected chi connectivity index (χ0v) is 8.54. The molecule has 1 amide bonds. The van der Waals surface area contributed by atoms with E-state index in [2.05, 4.69) is 0 Å². The van der Waals surface area contributed by atoms with Crippen molar-refractivity contribution in [1.29, 1.82) is 0 Å². The number of piperidine rings is 1. The molecule has 72 valence electrons. The summed E-state index contributed by atoms with van der Waals surface area (Å²) in [5.41, 5.74) is 1.05. The number of thioether (sulfide) groups is 1. The highest BCUT2D eigenvalue weighted by atomic mass is 32.2. The first-order valence-corrected chi connectivity index (χ1v) is 5.81. The number of amides is 1. The molecule has 3 heteroatoms. The van der Waals surface area contributed by atoms with Crippen molar-refractivity contribution in [2.45, 2.75) is 16.9 Å². The molecule has 2 nitrogen and oxygen atoms in total. The van der Waals surface area contributed by atoms with Crippen molar-refractivity contribution in [2.75, 3.05) is 11.4 Å². The largest absolute Gasteiger partial charge is 0.310 e. The molecule has 3 heterocycles. The Morgan fingerprint density at radius 2 is 2.00 bits per heavy atom. The van der Waals surface area contributed by atoms with E-state index in [0.29, 0.717) is 11.2 Å². The molecule has 2 bridgehead atoms. The predicted molar refractivity (Wildman–Crippen MR) is 58.6 cm³/mol. The average molecular weight is 205 g/mol. The first kappa shape index (κ1) is 8.36. The van der Waals surface area contributed by atoms with E-state index in [1.165, 1.54) is 0 Å². The second-order valence-electron chi connectivity index (χ2n) is 3.77. The number of anilines is 1. The van der Waals surface area contributed by atoms with E-state index >= 15 is 0 Å². The molecule has 3 aliphatic rings. The van der Waals surface area contributed by atoms with Crippen molar-refractivity contribution >= 4 is 23.4 Å². The summed E-state index contributed by atoms with van der Waals surface area (Å²) in [5.74, 6) is 0.295. The monoisotopic (exact) mass is 205 g/mol. The molecule has 0 N–H and O–H groups in total. The molecule has 3 aliphatic heterocycles. The highest BCUT2D eigenvalue weighted by Crippen LogP contribution is 2.43. The zero-order valence-electron chi connectivity index (χ0n) is 7.72. The van der Waals surface area contributed by atoms with Crippen molar-refractivity contribution in [3.05, 3.63) is 30.3 Å². The Morgan fingerprint density at radius 1 is 1.29 bits per heavy atom. The molecular weight excluding hydrogens is 194 g/mol. The van der Waals surface area contributed by atoms with Crippen LogP contribution in [0.1, 0.15) is 6.42 Å². The first-order chi connectivity index (χ1) is 6.84. The van der Waals surface area contributed by atoms with E-state index in [-0.39, 0.29) is 5.25 Å². The lowest BCUT2D eigenvalue weighted by molar-refractivity contribution is -0.119. The minimum atomic E-state index is 0.244. The Kier molecular flexibility index (Phi) is 1.80. The Morgan fingerprint density at radius 3 is 2.64 bits per heavy atom. The number of carbonyl (C=O) groups excluding carboxylic acids is 1. The number of rotatable bonds is 1. The molecule has 1 aromatic carbocycles. The summed E-state index contributed by atoms with van der Waals surface area (Å²) >= 11 is 1.83. The van der Waals surface area contributed by atoms with Crippen molar-refractivity contribution in [3.63, 3.8) is 0 Å². The van der Waals surface area contributed by atoms with E-state index < -0.39 is 0 Å². The molecule has 3 saturated heterocycles. The van der Waals surface area contributed by atoms with Crippen molar-refractivity contribution in [3.8, 4) is 0 Å². The van der Waals surface area contributed by atoms with Crippen molar-refractivity contribution < 1.29 is 4.79 Å². The van der Waals surface area contributed by atoms with Crippen LogP contribution in [-0.2, 0) is 4.79 Å². The van der Waals surface area contributed by atoms with Crippen LogP contribution in [0.25, 0.3) is 0 Å². The smallest absolute Gasteiger partial charge is 0.240 e. The number of carbonyl (C=O) groups is 1. The Labute approximate surface area is 87.3 Å². The normalized spacial score (nSPS) is 30.0. The highest BCUT2D eigenvalue weighted by Gasteiger charge is 2.44. The molecule has 3 fully saturated rings. The molecule has 0 saturated carbocycles. The summed E-state index contributed by atoms with van der Waals surface area (Å²) in [7, 11) is 0. The van der Waals surface area contributed by atoms with Gasteiger partial charge in [-0.05, 0) is 18.6 Å². The lowest BCUT2D eigenvalue weighted by Crippen LogP contribution is -2.55. The summed E-state index contributed by atoms with van der Waals surface area (Å²) in [6.07, 6.45) is 1.09. The van der Waals surface area contributed by atoms with E-state index in [9.17, 15) is 4.79 Å². The summed E-state index contributed by atoms with van der Waals surface area (Å²) in [5, 5.41) is 0.923. The lowest BCUT2D eigenvalue weighted by Gasteiger charge is -2.45. The van der Waals surface area contributed by atoms with E-state index in [1.54, 1.807) is 0 Å². The molecule has 2 atom stereocenters. The van der Waals surface area contributed by atoms with Gasteiger partial charge in [0.1, 0.15) is 0 Å². The summed E-state index contributed by atoms with van der Waals surface area (Å²) < 4.78 is 0. The summed E-state index contributed by atoms with van der Waals surface area (Å²) in [6.45, 7) is 0.893. The van der Waals surface area contributed by atoms with Gasteiger partial charge in [0.15, 0.2) is 0 Å². The van der Waals surface area contributed by atoms with Crippen molar-refractivity contribution in [2.24, 2.45) is 0 Å². The van der Waals surface area contributed by atoms with Crippen LogP contribution in [0.4, 0.5) is 5.69 Å². The number of para-hydroxylation sites is 1. The standard InChI is InChI=1S/C11H11NOS/c13-11-10-6-9(14-10)7-12(11)8-4-2-1-3-5-8/h1-5,9-10H,6-7H2. The maximum Gasteiger partial charge on any atom is 0.240 e. The zero-order chi connectivity index (χ0) is 9.54. The van der Waals surface area contributed by atoms with Crippen LogP contribution < -0.4 is 4.90 Å².